The highest BCUT2D eigenvalue weighted by molar-refractivity contribution is 6.31. The fraction of sp³-hybridized carbons (Fsp3) is 0.0714. The number of nitrogens with one attached hydrogen (secondary N) is 1. The molecule has 35 heavy (non-hydrogen) atoms. The summed E-state index contributed by atoms with van der Waals surface area (Å²) in [5.74, 6) is -0.300. The molecule has 0 aliphatic carbocycles. The van der Waals surface area contributed by atoms with Crippen molar-refractivity contribution in [2.75, 3.05) is 0 Å². The van der Waals surface area contributed by atoms with Crippen molar-refractivity contribution in [3.8, 4) is 5.75 Å². The molecule has 0 bridgehead atoms. The van der Waals surface area contributed by atoms with Crippen LogP contribution in [0.25, 0.3) is 16.8 Å². The lowest BCUT2D eigenvalue weighted by Crippen LogP contribution is -2.30. The van der Waals surface area contributed by atoms with Gasteiger partial charge in [0.05, 0.1) is 6.54 Å². The number of benzene rings is 4. The van der Waals surface area contributed by atoms with E-state index in [4.69, 9.17) is 16.3 Å². The van der Waals surface area contributed by atoms with E-state index in [1.165, 1.54) is 12.1 Å². The van der Waals surface area contributed by atoms with Gasteiger partial charge in [-0.05, 0) is 46.7 Å². The number of hydrogen-bond acceptors (Lipinski definition) is 3. The summed E-state index contributed by atoms with van der Waals surface area (Å²) in [5.41, 5.74) is 2.28. The average Bonchev–Trinajstić information content (AvgIpc) is 3.13. The van der Waals surface area contributed by atoms with Crippen molar-refractivity contribution in [1.29, 1.82) is 0 Å². The Kier molecular flexibility index (Phi) is 6.21. The summed E-state index contributed by atoms with van der Waals surface area (Å²) in [7, 11) is 0. The summed E-state index contributed by atoms with van der Waals surface area (Å²) in [6.45, 7) is 0.277. The number of ether oxygens (including phenoxy) is 1. The highest BCUT2D eigenvalue weighted by atomic mass is 35.5. The van der Waals surface area contributed by atoms with Crippen molar-refractivity contribution < 1.29 is 18.7 Å². The molecule has 0 aromatic heterocycles. The predicted molar refractivity (Wildman–Crippen MR) is 133 cm³/mol. The Morgan fingerprint density at radius 2 is 1.66 bits per heavy atom. The Balaban J connectivity index is 1.48. The molecule has 5 rings (SSSR count). The fourth-order valence-corrected chi connectivity index (χ4v) is 4.14. The van der Waals surface area contributed by atoms with Crippen LogP contribution in [0.4, 0.5) is 9.18 Å². The van der Waals surface area contributed by atoms with E-state index in [1.807, 2.05) is 54.6 Å². The van der Waals surface area contributed by atoms with E-state index in [9.17, 15) is 14.0 Å². The van der Waals surface area contributed by atoms with Gasteiger partial charge in [0.2, 0.25) is 0 Å². The molecule has 174 valence electrons. The van der Waals surface area contributed by atoms with Crippen LogP contribution in [-0.2, 0) is 17.9 Å². The van der Waals surface area contributed by atoms with Gasteiger partial charge in [0.15, 0.2) is 0 Å². The first kappa shape index (κ1) is 22.6. The lowest BCUT2D eigenvalue weighted by molar-refractivity contribution is -0.123. The third-order valence-electron chi connectivity index (χ3n) is 5.78. The van der Waals surface area contributed by atoms with E-state index in [0.29, 0.717) is 21.9 Å². The Morgan fingerprint density at radius 1 is 0.914 bits per heavy atom. The summed E-state index contributed by atoms with van der Waals surface area (Å²) in [4.78, 5) is 26.8. The van der Waals surface area contributed by atoms with Crippen LogP contribution in [0, 0.1) is 5.82 Å². The van der Waals surface area contributed by atoms with E-state index >= 15 is 0 Å². The lowest BCUT2D eigenvalue weighted by atomic mass is 10.0. The summed E-state index contributed by atoms with van der Waals surface area (Å²) >= 11 is 6.28. The number of fused-ring (bicyclic) bond motifs is 1. The highest BCUT2D eigenvalue weighted by Crippen LogP contribution is 2.32. The Bertz CT molecular complexity index is 1470. The SMILES string of the molecule is O=C1N/C(=C/c2c(OCc3ccccc3Cl)ccc3ccccc23)C(=O)N1Cc1ccc(F)cc1. The first-order valence-electron chi connectivity index (χ1n) is 11.0. The number of nitrogens with zero attached hydrogens (tertiary/aromatic N) is 1. The fourth-order valence-electron chi connectivity index (χ4n) is 3.95. The topological polar surface area (TPSA) is 58.6 Å². The van der Waals surface area contributed by atoms with Gasteiger partial charge in [-0.1, -0.05) is 72.3 Å². The minimum atomic E-state index is -0.538. The van der Waals surface area contributed by atoms with Crippen LogP contribution in [0.1, 0.15) is 16.7 Å². The molecule has 7 heteroatoms. The smallest absolute Gasteiger partial charge is 0.329 e. The molecule has 4 aromatic rings. The molecular formula is C28H20ClFN2O3. The molecule has 5 nitrogen and oxygen atoms in total. The molecule has 0 saturated carbocycles. The van der Waals surface area contributed by atoms with Crippen molar-refractivity contribution in [1.82, 2.24) is 10.2 Å². The number of halogens is 2. The standard InChI is InChI=1S/C28H20ClFN2O3/c29-24-8-4-2-6-20(24)17-35-26-14-11-19-5-1-3-7-22(19)23(26)15-25-27(33)32(28(34)31-25)16-18-9-12-21(30)13-10-18/h1-15H,16-17H2,(H,31,34)/b25-15+. The molecule has 1 aliphatic rings. The molecule has 4 aromatic carbocycles. The maximum Gasteiger partial charge on any atom is 0.329 e. The summed E-state index contributed by atoms with van der Waals surface area (Å²) in [5, 5.41) is 5.09. The van der Waals surface area contributed by atoms with Gasteiger partial charge in [-0.15, -0.1) is 0 Å². The number of carbonyl (C=O) groups excluding carboxylic acids is 2. The van der Waals surface area contributed by atoms with Crippen LogP contribution < -0.4 is 10.1 Å². The zero-order valence-electron chi connectivity index (χ0n) is 18.5. The highest BCUT2D eigenvalue weighted by Gasteiger charge is 2.33. The zero-order valence-corrected chi connectivity index (χ0v) is 19.3. The van der Waals surface area contributed by atoms with Crippen LogP contribution in [0.5, 0.6) is 5.75 Å². The largest absolute Gasteiger partial charge is 0.488 e. The number of carbonyl (C=O) groups is 2. The minimum Gasteiger partial charge on any atom is -0.488 e. The summed E-state index contributed by atoms with van der Waals surface area (Å²) in [6, 6.07) is 24.1. The minimum absolute atomic E-state index is 0.0354. The molecule has 0 unspecified atom stereocenters. The summed E-state index contributed by atoms with van der Waals surface area (Å²) < 4.78 is 19.3. The normalized spacial score (nSPS) is 14.6. The first-order valence-corrected chi connectivity index (χ1v) is 11.3. The van der Waals surface area contributed by atoms with Gasteiger partial charge in [-0.2, -0.15) is 0 Å². The quantitative estimate of drug-likeness (QED) is 0.257. The van der Waals surface area contributed by atoms with Crippen molar-refractivity contribution in [3.63, 3.8) is 0 Å². The van der Waals surface area contributed by atoms with Gasteiger partial charge in [0.25, 0.3) is 5.91 Å². The molecule has 3 amide bonds. The first-order chi connectivity index (χ1) is 17.0. The Morgan fingerprint density at radius 3 is 2.46 bits per heavy atom. The molecule has 1 N–H and O–H groups in total. The van der Waals surface area contributed by atoms with Gasteiger partial charge in [-0.3, -0.25) is 9.69 Å². The zero-order chi connectivity index (χ0) is 24.4. The third kappa shape index (κ3) is 4.74. The number of imide groups is 1. The van der Waals surface area contributed by atoms with Crippen LogP contribution in [0.3, 0.4) is 0 Å². The van der Waals surface area contributed by atoms with Crippen LogP contribution in [0.2, 0.25) is 5.02 Å². The van der Waals surface area contributed by atoms with Crippen molar-refractivity contribution >= 4 is 40.4 Å². The second-order valence-corrected chi connectivity index (χ2v) is 8.49. The molecule has 1 fully saturated rings. The molecule has 1 heterocycles. The molecule has 0 atom stereocenters. The van der Waals surface area contributed by atoms with Gasteiger partial charge in [0.1, 0.15) is 23.9 Å². The maximum absolute atomic E-state index is 13.2. The lowest BCUT2D eigenvalue weighted by Gasteiger charge is -2.14. The molecule has 0 spiro atoms. The Hall–Kier alpha value is -4.16. The van der Waals surface area contributed by atoms with Crippen molar-refractivity contribution in [3.05, 3.63) is 118 Å². The van der Waals surface area contributed by atoms with E-state index in [0.717, 1.165) is 21.2 Å². The molecule has 1 aliphatic heterocycles. The third-order valence-corrected chi connectivity index (χ3v) is 6.15. The second-order valence-electron chi connectivity index (χ2n) is 8.08. The number of amides is 3. The number of urea groups is 1. The Labute approximate surface area is 206 Å². The second kappa shape index (κ2) is 9.60. The average molecular weight is 487 g/mol. The van der Waals surface area contributed by atoms with Crippen LogP contribution >= 0.6 is 11.6 Å². The van der Waals surface area contributed by atoms with Gasteiger partial charge in [-0.25, -0.2) is 9.18 Å². The van der Waals surface area contributed by atoms with Crippen molar-refractivity contribution in [2.24, 2.45) is 0 Å². The molecular weight excluding hydrogens is 467 g/mol. The van der Waals surface area contributed by atoms with Gasteiger partial charge < -0.3 is 10.1 Å². The van der Waals surface area contributed by atoms with Crippen molar-refractivity contribution in [2.45, 2.75) is 13.2 Å². The molecule has 1 saturated heterocycles. The van der Waals surface area contributed by atoms with Crippen LogP contribution in [-0.4, -0.2) is 16.8 Å². The van der Waals surface area contributed by atoms with E-state index in [-0.39, 0.29) is 24.7 Å². The van der Waals surface area contributed by atoms with E-state index < -0.39 is 11.9 Å². The summed E-state index contributed by atoms with van der Waals surface area (Å²) in [6.07, 6.45) is 1.63. The predicted octanol–water partition coefficient (Wildman–Crippen LogP) is 6.30. The van der Waals surface area contributed by atoms with Gasteiger partial charge in [0, 0.05) is 16.1 Å². The van der Waals surface area contributed by atoms with E-state index in [2.05, 4.69) is 5.32 Å². The number of rotatable bonds is 6. The monoisotopic (exact) mass is 486 g/mol. The maximum atomic E-state index is 13.2. The van der Waals surface area contributed by atoms with Gasteiger partial charge >= 0.3 is 6.03 Å². The van der Waals surface area contributed by atoms with E-state index in [1.54, 1.807) is 24.3 Å². The molecule has 0 radical (unpaired) electrons. The number of hydrogen-bond donors (Lipinski definition) is 1. The van der Waals surface area contributed by atoms with Crippen LogP contribution in [0.15, 0.2) is 90.6 Å².